The molecule has 1 fully saturated rings. The van der Waals surface area contributed by atoms with Crippen LogP contribution < -0.4 is 5.73 Å². The van der Waals surface area contributed by atoms with Crippen molar-refractivity contribution in [2.75, 3.05) is 25.1 Å². The summed E-state index contributed by atoms with van der Waals surface area (Å²) in [6, 6.07) is -0.265. The Balaban J connectivity index is 2.80. The Bertz CT molecular complexity index is 443. The van der Waals surface area contributed by atoms with Crippen LogP contribution in [0.2, 0.25) is 0 Å². The Morgan fingerprint density at radius 2 is 1.82 bits per heavy atom. The number of nitrogens with zero attached hydrogens (tertiary/aromatic N) is 1. The van der Waals surface area contributed by atoms with Gasteiger partial charge in [0, 0.05) is 19.6 Å². The van der Waals surface area contributed by atoms with E-state index in [-0.39, 0.29) is 36.9 Å². The third-order valence-electron chi connectivity index (χ3n) is 3.29. The molecule has 1 rings (SSSR count). The molecular weight excluding hydrogens is 264 g/mol. The number of sulfonamides is 1. The van der Waals surface area contributed by atoms with Crippen molar-refractivity contribution in [2.45, 2.75) is 31.1 Å². The molecule has 8 heteroatoms. The van der Waals surface area contributed by atoms with Crippen molar-refractivity contribution in [2.24, 2.45) is 5.73 Å². The first kappa shape index (κ1) is 14.9. The molecule has 1 aliphatic rings. The Kier molecular flexibility index (Phi) is 4.56. The molecule has 0 bridgehead atoms. The Hall–Kier alpha value is -0.180. The Morgan fingerprint density at radius 3 is 2.24 bits per heavy atom. The zero-order chi connectivity index (χ0) is 13.3. The second-order valence-corrected chi connectivity index (χ2v) is 9.07. The van der Waals surface area contributed by atoms with Gasteiger partial charge in [-0.1, -0.05) is 0 Å². The Morgan fingerprint density at radius 1 is 1.35 bits per heavy atom. The van der Waals surface area contributed by atoms with Gasteiger partial charge in [-0.15, -0.1) is 0 Å². The average molecular weight is 284 g/mol. The Labute approximate surface area is 103 Å². The van der Waals surface area contributed by atoms with Crippen LogP contribution in [0, 0.1) is 0 Å². The van der Waals surface area contributed by atoms with E-state index in [1.807, 2.05) is 0 Å². The standard InChI is InChI=1S/C9H20N2O4S2/c1-8(7-10)11(2)17(14,15)9-3-5-16(12,13)6-4-9/h8-9H,3-7,10H2,1-2H3. The van der Waals surface area contributed by atoms with E-state index in [9.17, 15) is 16.8 Å². The number of likely N-dealkylation sites (N-methyl/N-ethyl adjacent to an activating group) is 1. The van der Waals surface area contributed by atoms with Gasteiger partial charge in [0.25, 0.3) is 0 Å². The van der Waals surface area contributed by atoms with Crippen LogP contribution in [0.5, 0.6) is 0 Å². The molecule has 0 aromatic heterocycles. The molecule has 6 nitrogen and oxygen atoms in total. The second kappa shape index (κ2) is 5.21. The van der Waals surface area contributed by atoms with Gasteiger partial charge in [0.2, 0.25) is 10.0 Å². The molecule has 17 heavy (non-hydrogen) atoms. The van der Waals surface area contributed by atoms with Gasteiger partial charge in [-0.25, -0.2) is 21.1 Å². The summed E-state index contributed by atoms with van der Waals surface area (Å²) in [5, 5.41) is -0.593. The van der Waals surface area contributed by atoms with Gasteiger partial charge in [0.1, 0.15) is 9.84 Å². The van der Waals surface area contributed by atoms with Crippen LogP contribution in [0.25, 0.3) is 0 Å². The highest BCUT2D eigenvalue weighted by molar-refractivity contribution is 7.92. The molecule has 0 spiro atoms. The summed E-state index contributed by atoms with van der Waals surface area (Å²) < 4.78 is 48.1. The smallest absolute Gasteiger partial charge is 0.217 e. The molecule has 0 saturated carbocycles. The van der Waals surface area contributed by atoms with E-state index in [1.54, 1.807) is 6.92 Å². The quantitative estimate of drug-likeness (QED) is 0.727. The van der Waals surface area contributed by atoms with Crippen molar-refractivity contribution in [3.8, 4) is 0 Å². The van der Waals surface area contributed by atoms with Crippen molar-refractivity contribution in [3.63, 3.8) is 0 Å². The molecule has 0 aliphatic carbocycles. The minimum atomic E-state index is -3.43. The molecule has 102 valence electrons. The minimum Gasteiger partial charge on any atom is -0.329 e. The monoisotopic (exact) mass is 284 g/mol. The first-order chi connectivity index (χ1) is 7.70. The van der Waals surface area contributed by atoms with Gasteiger partial charge in [0.15, 0.2) is 0 Å². The fraction of sp³-hybridized carbons (Fsp3) is 1.00. The number of hydrogen-bond acceptors (Lipinski definition) is 5. The van der Waals surface area contributed by atoms with E-state index in [4.69, 9.17) is 5.73 Å². The lowest BCUT2D eigenvalue weighted by Gasteiger charge is -2.30. The van der Waals surface area contributed by atoms with E-state index in [0.29, 0.717) is 0 Å². The van der Waals surface area contributed by atoms with Crippen LogP contribution in [-0.4, -0.2) is 57.5 Å². The summed E-state index contributed by atoms with van der Waals surface area (Å²) in [4.78, 5) is 0. The predicted molar refractivity (Wildman–Crippen MR) is 66.9 cm³/mol. The number of nitrogens with two attached hydrogens (primary N) is 1. The first-order valence-electron chi connectivity index (χ1n) is 5.58. The fourth-order valence-corrected chi connectivity index (χ4v) is 5.48. The summed E-state index contributed by atoms with van der Waals surface area (Å²) in [5.74, 6) is -0.0799. The van der Waals surface area contributed by atoms with E-state index < -0.39 is 25.1 Å². The van der Waals surface area contributed by atoms with Crippen LogP contribution in [0.1, 0.15) is 19.8 Å². The molecule has 0 aromatic carbocycles. The first-order valence-corrected chi connectivity index (χ1v) is 8.90. The molecule has 0 aromatic rings. The van der Waals surface area contributed by atoms with Crippen molar-refractivity contribution >= 4 is 19.9 Å². The third kappa shape index (κ3) is 3.40. The number of hydrogen-bond donors (Lipinski definition) is 1. The van der Waals surface area contributed by atoms with Gasteiger partial charge in [-0.2, -0.15) is 0 Å². The highest BCUT2D eigenvalue weighted by Gasteiger charge is 2.36. The van der Waals surface area contributed by atoms with Crippen molar-refractivity contribution in [3.05, 3.63) is 0 Å². The molecular formula is C9H20N2O4S2. The van der Waals surface area contributed by atoms with Gasteiger partial charge in [0.05, 0.1) is 16.8 Å². The van der Waals surface area contributed by atoms with Crippen LogP contribution in [0.15, 0.2) is 0 Å². The molecule has 0 amide bonds. The molecule has 1 heterocycles. The van der Waals surface area contributed by atoms with Gasteiger partial charge in [-0.05, 0) is 19.8 Å². The van der Waals surface area contributed by atoms with Crippen molar-refractivity contribution in [1.82, 2.24) is 4.31 Å². The molecule has 1 atom stereocenters. The molecule has 1 aliphatic heterocycles. The highest BCUT2D eigenvalue weighted by atomic mass is 32.2. The fourth-order valence-electron chi connectivity index (χ4n) is 1.80. The minimum absolute atomic E-state index is 0.0399. The maximum absolute atomic E-state index is 12.2. The van der Waals surface area contributed by atoms with Crippen LogP contribution in [0.3, 0.4) is 0 Å². The van der Waals surface area contributed by atoms with Gasteiger partial charge < -0.3 is 5.73 Å². The highest BCUT2D eigenvalue weighted by Crippen LogP contribution is 2.22. The van der Waals surface area contributed by atoms with Gasteiger partial charge >= 0.3 is 0 Å². The SMILES string of the molecule is CC(CN)N(C)S(=O)(=O)C1CCS(=O)(=O)CC1. The molecule has 0 radical (unpaired) electrons. The summed E-state index contributed by atoms with van der Waals surface area (Å²) in [7, 11) is -4.97. The third-order valence-corrected chi connectivity index (χ3v) is 7.48. The maximum atomic E-state index is 12.2. The predicted octanol–water partition coefficient (Wildman–Crippen LogP) is -0.828. The zero-order valence-corrected chi connectivity index (χ0v) is 11.8. The number of rotatable bonds is 4. The topological polar surface area (TPSA) is 97.5 Å². The molecule has 1 saturated heterocycles. The normalized spacial score (nSPS) is 23.8. The van der Waals surface area contributed by atoms with Crippen LogP contribution in [0.4, 0.5) is 0 Å². The van der Waals surface area contributed by atoms with E-state index >= 15 is 0 Å². The molecule has 1 unspecified atom stereocenters. The number of sulfone groups is 1. The summed E-state index contributed by atoms with van der Waals surface area (Å²) >= 11 is 0. The van der Waals surface area contributed by atoms with Gasteiger partial charge in [-0.3, -0.25) is 0 Å². The van der Waals surface area contributed by atoms with Crippen molar-refractivity contribution in [1.29, 1.82) is 0 Å². The van der Waals surface area contributed by atoms with Crippen LogP contribution >= 0.6 is 0 Å². The molecule has 2 N–H and O–H groups in total. The van der Waals surface area contributed by atoms with E-state index in [2.05, 4.69) is 0 Å². The summed E-state index contributed by atoms with van der Waals surface area (Å²) in [5.41, 5.74) is 5.44. The van der Waals surface area contributed by atoms with E-state index in [0.717, 1.165) is 0 Å². The average Bonchev–Trinajstić information content (AvgIpc) is 2.26. The summed E-state index contributed by atoms with van der Waals surface area (Å²) in [6.45, 7) is 1.98. The van der Waals surface area contributed by atoms with E-state index in [1.165, 1.54) is 11.4 Å². The van der Waals surface area contributed by atoms with Crippen molar-refractivity contribution < 1.29 is 16.8 Å². The lowest BCUT2D eigenvalue weighted by molar-refractivity contribution is 0.385. The lowest BCUT2D eigenvalue weighted by atomic mass is 10.2. The van der Waals surface area contributed by atoms with Crippen LogP contribution in [-0.2, 0) is 19.9 Å². The second-order valence-electron chi connectivity index (χ2n) is 4.50. The summed E-state index contributed by atoms with van der Waals surface area (Å²) in [6.07, 6.45) is 0.374. The zero-order valence-electron chi connectivity index (χ0n) is 10.2. The lowest BCUT2D eigenvalue weighted by Crippen LogP contribution is -2.46. The maximum Gasteiger partial charge on any atom is 0.217 e. The largest absolute Gasteiger partial charge is 0.329 e.